The predicted octanol–water partition coefficient (Wildman–Crippen LogP) is 4.28. The Morgan fingerprint density at radius 3 is 2.63 bits per heavy atom. The summed E-state index contributed by atoms with van der Waals surface area (Å²) >= 11 is 6.04. The van der Waals surface area contributed by atoms with Crippen LogP contribution in [0.2, 0.25) is 5.02 Å². The molecule has 1 aromatic carbocycles. The van der Waals surface area contributed by atoms with Crippen molar-refractivity contribution in [3.05, 3.63) is 68.6 Å². The summed E-state index contributed by atoms with van der Waals surface area (Å²) in [7, 11) is 0. The third kappa shape index (κ3) is 3.90. The maximum Gasteiger partial charge on any atom is 0.453 e. The number of hydrogen-bond acceptors (Lipinski definition) is 5. The zero-order chi connectivity index (χ0) is 19.8. The van der Waals surface area contributed by atoms with Gasteiger partial charge in [0.25, 0.3) is 11.5 Å². The lowest BCUT2D eigenvalue weighted by molar-refractivity contribution is -0.385. The Hall–Kier alpha value is -3.01. The fourth-order valence-electron chi connectivity index (χ4n) is 2.49. The number of pyridine rings is 1. The molecule has 0 atom stereocenters. The van der Waals surface area contributed by atoms with Gasteiger partial charge in [0.2, 0.25) is 0 Å². The molecule has 3 rings (SSSR count). The van der Waals surface area contributed by atoms with Crippen LogP contribution in [0.15, 0.2) is 36.5 Å². The van der Waals surface area contributed by atoms with Gasteiger partial charge in [-0.25, -0.2) is 9.67 Å². The average Bonchev–Trinajstić information content (AvgIpc) is 2.99. The lowest BCUT2D eigenvalue weighted by Gasteiger charge is -2.08. The molecule has 0 unspecified atom stereocenters. The summed E-state index contributed by atoms with van der Waals surface area (Å²) in [5.41, 5.74) is 0.873. The van der Waals surface area contributed by atoms with Crippen molar-refractivity contribution in [1.82, 2.24) is 19.7 Å². The topological polar surface area (TPSA) is 86.7 Å². The smallest absolute Gasteiger partial charge is 0.258 e. The lowest BCUT2D eigenvalue weighted by atomic mass is 10.1. The Balaban J connectivity index is 2.07. The number of halogens is 4. The molecule has 0 saturated heterocycles. The number of hydrogen-bond donors (Lipinski definition) is 0. The van der Waals surface area contributed by atoms with Crippen molar-refractivity contribution in [3.8, 4) is 11.5 Å². The Morgan fingerprint density at radius 1 is 1.30 bits per heavy atom. The molecule has 0 saturated carbocycles. The normalized spacial score (nSPS) is 11.6. The monoisotopic (exact) mass is 397 g/mol. The molecule has 0 radical (unpaired) electrons. The third-order valence-electron chi connectivity index (χ3n) is 3.69. The van der Waals surface area contributed by atoms with Gasteiger partial charge in [0.1, 0.15) is 5.69 Å². The second-order valence-corrected chi connectivity index (χ2v) is 6.03. The van der Waals surface area contributed by atoms with E-state index in [-0.39, 0.29) is 28.8 Å². The van der Waals surface area contributed by atoms with Gasteiger partial charge in [0.05, 0.1) is 16.5 Å². The molecule has 2 heterocycles. The summed E-state index contributed by atoms with van der Waals surface area (Å²) in [6.45, 7) is 1.45. The van der Waals surface area contributed by atoms with Gasteiger partial charge in [0, 0.05) is 17.8 Å². The fraction of sp³-hybridized carbons (Fsp3) is 0.188. The van der Waals surface area contributed by atoms with E-state index in [4.69, 9.17) is 11.6 Å². The molecular formula is C16H11ClF3N5O2. The van der Waals surface area contributed by atoms with Crippen molar-refractivity contribution in [2.24, 2.45) is 0 Å². The van der Waals surface area contributed by atoms with E-state index in [1.807, 2.05) is 0 Å². The van der Waals surface area contributed by atoms with Crippen LogP contribution in [0.4, 0.5) is 18.9 Å². The minimum Gasteiger partial charge on any atom is -0.258 e. The van der Waals surface area contributed by atoms with Crippen molar-refractivity contribution < 1.29 is 18.1 Å². The molecule has 0 aliphatic heterocycles. The highest BCUT2D eigenvalue weighted by Crippen LogP contribution is 2.31. The first kappa shape index (κ1) is 18.8. The molecule has 0 amide bonds. The molecule has 2 aromatic heterocycles. The number of nitro groups is 1. The van der Waals surface area contributed by atoms with E-state index in [0.717, 1.165) is 4.68 Å². The Labute approximate surface area is 155 Å². The summed E-state index contributed by atoms with van der Waals surface area (Å²) in [6.07, 6.45) is -3.36. The first-order valence-corrected chi connectivity index (χ1v) is 7.91. The molecule has 0 spiro atoms. The maximum absolute atomic E-state index is 13.1. The van der Waals surface area contributed by atoms with Gasteiger partial charge in [-0.3, -0.25) is 15.1 Å². The van der Waals surface area contributed by atoms with Crippen LogP contribution in [0.1, 0.15) is 17.0 Å². The highest BCUT2D eigenvalue weighted by Gasteiger charge is 2.37. The molecule has 0 aliphatic rings. The van der Waals surface area contributed by atoms with E-state index in [0.29, 0.717) is 11.1 Å². The van der Waals surface area contributed by atoms with E-state index in [2.05, 4.69) is 15.1 Å². The Kier molecular flexibility index (Phi) is 4.83. The molecule has 0 fully saturated rings. The summed E-state index contributed by atoms with van der Waals surface area (Å²) < 4.78 is 40.3. The van der Waals surface area contributed by atoms with Crippen LogP contribution < -0.4 is 0 Å². The quantitative estimate of drug-likeness (QED) is 0.484. The highest BCUT2D eigenvalue weighted by molar-refractivity contribution is 6.32. The molecule has 0 N–H and O–H groups in total. The lowest BCUT2D eigenvalue weighted by Crippen LogP contribution is -2.10. The Bertz CT molecular complexity index is 1020. The van der Waals surface area contributed by atoms with Crippen LogP contribution in [0.3, 0.4) is 0 Å². The third-order valence-corrected chi connectivity index (χ3v) is 3.99. The average molecular weight is 398 g/mol. The molecule has 7 nitrogen and oxygen atoms in total. The van der Waals surface area contributed by atoms with Crippen LogP contribution in [0.5, 0.6) is 0 Å². The van der Waals surface area contributed by atoms with E-state index < -0.39 is 16.9 Å². The summed E-state index contributed by atoms with van der Waals surface area (Å²) in [5, 5.41) is 14.6. The van der Waals surface area contributed by atoms with E-state index >= 15 is 0 Å². The first-order valence-electron chi connectivity index (χ1n) is 7.53. The van der Waals surface area contributed by atoms with Crippen molar-refractivity contribution in [2.75, 3.05) is 0 Å². The van der Waals surface area contributed by atoms with Gasteiger partial charge in [-0.15, -0.1) is 5.10 Å². The minimum absolute atomic E-state index is 0.0563. The Morgan fingerprint density at radius 2 is 2.04 bits per heavy atom. The van der Waals surface area contributed by atoms with Gasteiger partial charge in [0.15, 0.2) is 5.82 Å². The fourth-order valence-corrected chi connectivity index (χ4v) is 2.70. The molecular weight excluding hydrogens is 387 g/mol. The number of aromatic nitrogens is 4. The second-order valence-electron chi connectivity index (χ2n) is 5.63. The van der Waals surface area contributed by atoms with Crippen molar-refractivity contribution >= 4 is 17.3 Å². The number of benzene rings is 1. The molecule has 3 aromatic rings. The number of alkyl halides is 3. The van der Waals surface area contributed by atoms with Gasteiger partial charge in [-0.05, 0) is 30.7 Å². The zero-order valence-corrected chi connectivity index (χ0v) is 14.5. The first-order chi connectivity index (χ1) is 12.7. The summed E-state index contributed by atoms with van der Waals surface area (Å²) in [6, 6.07) is 7.27. The maximum atomic E-state index is 13.1. The molecule has 140 valence electrons. The number of rotatable bonds is 4. The van der Waals surface area contributed by atoms with E-state index in [1.54, 1.807) is 6.92 Å². The molecule has 27 heavy (non-hydrogen) atoms. The van der Waals surface area contributed by atoms with Gasteiger partial charge in [-0.1, -0.05) is 17.7 Å². The molecule has 0 bridgehead atoms. The van der Waals surface area contributed by atoms with Gasteiger partial charge >= 0.3 is 6.18 Å². The van der Waals surface area contributed by atoms with Crippen LogP contribution >= 0.6 is 11.6 Å². The van der Waals surface area contributed by atoms with Crippen LogP contribution in [0.25, 0.3) is 11.5 Å². The van der Waals surface area contributed by atoms with Crippen molar-refractivity contribution in [1.29, 1.82) is 0 Å². The van der Waals surface area contributed by atoms with Crippen LogP contribution in [-0.4, -0.2) is 24.7 Å². The summed E-state index contributed by atoms with van der Waals surface area (Å²) in [5.74, 6) is -1.47. The number of nitrogens with zero attached hydrogens (tertiary/aromatic N) is 5. The van der Waals surface area contributed by atoms with Crippen molar-refractivity contribution in [2.45, 2.75) is 19.6 Å². The molecule has 0 aliphatic carbocycles. The van der Waals surface area contributed by atoms with E-state index in [9.17, 15) is 23.3 Å². The SMILES string of the molecule is Cc1cc(Cn2nc(C(F)(F)F)nc2-c2ncccc2Cl)ccc1[N+](=O)[O-]. The zero-order valence-electron chi connectivity index (χ0n) is 13.7. The minimum atomic E-state index is -4.74. The number of nitro benzene ring substituents is 1. The largest absolute Gasteiger partial charge is 0.453 e. The van der Waals surface area contributed by atoms with Crippen molar-refractivity contribution in [3.63, 3.8) is 0 Å². The van der Waals surface area contributed by atoms with Gasteiger partial charge in [-0.2, -0.15) is 13.2 Å². The molecule has 11 heteroatoms. The standard InChI is InChI=1S/C16H11ClF3N5O2/c1-9-7-10(4-5-12(9)25(26)27)8-24-14(13-11(17)3-2-6-21-13)22-15(23-24)16(18,19)20/h2-7H,8H2,1H3. The van der Waals surface area contributed by atoms with Crippen LogP contribution in [0, 0.1) is 17.0 Å². The van der Waals surface area contributed by atoms with Gasteiger partial charge < -0.3 is 0 Å². The number of aryl methyl sites for hydroxylation is 1. The van der Waals surface area contributed by atoms with Crippen LogP contribution in [-0.2, 0) is 12.7 Å². The second kappa shape index (κ2) is 6.95. The summed E-state index contributed by atoms with van der Waals surface area (Å²) in [4.78, 5) is 17.9. The predicted molar refractivity (Wildman–Crippen MR) is 90.2 cm³/mol. The van der Waals surface area contributed by atoms with E-state index in [1.165, 1.54) is 36.5 Å². The highest BCUT2D eigenvalue weighted by atomic mass is 35.5.